The lowest BCUT2D eigenvalue weighted by atomic mass is 9.75. The number of Topliss-reactive ketones (excluding diaryl/α,β-unsaturated/α-hetero) is 2. The summed E-state index contributed by atoms with van der Waals surface area (Å²) in [6.45, 7) is 0. The largest absolute Gasteiger partial charge is 0.445 e. The second-order valence-corrected chi connectivity index (χ2v) is 7.11. The van der Waals surface area contributed by atoms with E-state index in [2.05, 4.69) is 0 Å². The highest BCUT2D eigenvalue weighted by atomic mass is 35.5. The number of carbonyl (C=O) groups excluding carboxylic acids is 2. The SMILES string of the molecule is NC1=C(C(=O)c2ccccc2)C(c2ccc(Cl)cc2)C2=C(CCCC2=O)O1. The fraction of sp³-hybridized carbons (Fsp3) is 0.182. The summed E-state index contributed by atoms with van der Waals surface area (Å²) in [4.78, 5) is 26.0. The van der Waals surface area contributed by atoms with Gasteiger partial charge in [-0.3, -0.25) is 9.59 Å². The Hall–Kier alpha value is -2.85. The van der Waals surface area contributed by atoms with Crippen LogP contribution in [0.1, 0.15) is 41.1 Å². The van der Waals surface area contributed by atoms with Crippen LogP contribution in [0, 0.1) is 0 Å². The number of allylic oxidation sites excluding steroid dienone is 3. The van der Waals surface area contributed by atoms with Gasteiger partial charge < -0.3 is 10.5 Å². The van der Waals surface area contributed by atoms with Crippen LogP contribution in [0.25, 0.3) is 0 Å². The Morgan fingerprint density at radius 2 is 1.74 bits per heavy atom. The van der Waals surface area contributed by atoms with Crippen LogP contribution < -0.4 is 5.73 Å². The Bertz CT molecular complexity index is 974. The van der Waals surface area contributed by atoms with Crippen LogP contribution in [0.3, 0.4) is 0 Å². The smallest absolute Gasteiger partial charge is 0.198 e. The van der Waals surface area contributed by atoms with Crippen LogP contribution in [0.5, 0.6) is 0 Å². The van der Waals surface area contributed by atoms with Crippen LogP contribution in [0.2, 0.25) is 5.02 Å². The zero-order valence-electron chi connectivity index (χ0n) is 14.6. The van der Waals surface area contributed by atoms with E-state index in [1.165, 1.54) is 0 Å². The molecular formula is C22H18ClNO3. The molecule has 1 aliphatic carbocycles. The molecule has 136 valence electrons. The van der Waals surface area contributed by atoms with Crippen molar-refractivity contribution in [3.8, 4) is 0 Å². The Morgan fingerprint density at radius 1 is 1.04 bits per heavy atom. The first-order valence-corrected chi connectivity index (χ1v) is 9.23. The highest BCUT2D eigenvalue weighted by Crippen LogP contribution is 2.44. The number of halogens is 1. The van der Waals surface area contributed by atoms with Gasteiger partial charge in [-0.2, -0.15) is 0 Å². The van der Waals surface area contributed by atoms with Crippen LogP contribution in [-0.4, -0.2) is 11.6 Å². The third-order valence-corrected chi connectivity index (χ3v) is 5.22. The molecule has 4 rings (SSSR count). The van der Waals surface area contributed by atoms with Gasteiger partial charge in [0, 0.05) is 29.0 Å². The van der Waals surface area contributed by atoms with Crippen LogP contribution in [0.4, 0.5) is 0 Å². The van der Waals surface area contributed by atoms with Gasteiger partial charge >= 0.3 is 0 Å². The van der Waals surface area contributed by atoms with Crippen LogP contribution >= 0.6 is 11.6 Å². The molecule has 0 aromatic heterocycles. The summed E-state index contributed by atoms with van der Waals surface area (Å²) < 4.78 is 5.76. The fourth-order valence-electron chi connectivity index (χ4n) is 3.71. The summed E-state index contributed by atoms with van der Waals surface area (Å²) in [5, 5.41) is 0.586. The number of ether oxygens (including phenoxy) is 1. The van der Waals surface area contributed by atoms with Crippen LogP contribution in [-0.2, 0) is 9.53 Å². The average Bonchev–Trinajstić information content (AvgIpc) is 2.68. The highest BCUT2D eigenvalue weighted by Gasteiger charge is 2.40. The molecule has 1 atom stereocenters. The second kappa shape index (κ2) is 7.05. The average molecular weight is 380 g/mol. The van der Waals surface area contributed by atoms with Crippen molar-refractivity contribution in [1.29, 1.82) is 0 Å². The van der Waals surface area contributed by atoms with Crippen molar-refractivity contribution >= 4 is 23.2 Å². The number of benzene rings is 2. The zero-order chi connectivity index (χ0) is 19.0. The minimum atomic E-state index is -0.550. The Kier molecular flexibility index (Phi) is 4.58. The van der Waals surface area contributed by atoms with Crippen molar-refractivity contribution in [3.63, 3.8) is 0 Å². The molecule has 0 saturated heterocycles. The third-order valence-electron chi connectivity index (χ3n) is 4.97. The maximum absolute atomic E-state index is 13.3. The molecule has 0 bridgehead atoms. The van der Waals surface area contributed by atoms with Gasteiger partial charge in [0.05, 0.1) is 11.5 Å². The third kappa shape index (κ3) is 3.17. The molecule has 1 heterocycles. The molecule has 0 radical (unpaired) electrons. The minimum Gasteiger partial charge on any atom is -0.445 e. The number of hydrogen-bond acceptors (Lipinski definition) is 4. The summed E-state index contributed by atoms with van der Waals surface area (Å²) in [5.41, 5.74) is 8.34. The summed E-state index contributed by atoms with van der Waals surface area (Å²) in [6, 6.07) is 16.0. The fourth-order valence-corrected chi connectivity index (χ4v) is 3.84. The maximum atomic E-state index is 13.3. The van der Waals surface area contributed by atoms with E-state index in [4.69, 9.17) is 22.1 Å². The van der Waals surface area contributed by atoms with Crippen molar-refractivity contribution in [2.24, 2.45) is 5.73 Å². The van der Waals surface area contributed by atoms with E-state index in [-0.39, 0.29) is 17.4 Å². The first-order valence-electron chi connectivity index (χ1n) is 8.85. The number of rotatable bonds is 3. The lowest BCUT2D eigenvalue weighted by Crippen LogP contribution is -2.30. The molecule has 5 heteroatoms. The molecule has 2 N–H and O–H groups in total. The molecule has 0 fully saturated rings. The number of ketones is 2. The molecule has 1 aliphatic heterocycles. The van der Waals surface area contributed by atoms with Crippen molar-refractivity contribution in [2.45, 2.75) is 25.2 Å². The molecule has 0 amide bonds. The Morgan fingerprint density at radius 3 is 2.44 bits per heavy atom. The van der Waals surface area contributed by atoms with Crippen LogP contribution in [0.15, 0.2) is 77.4 Å². The van der Waals surface area contributed by atoms with Gasteiger partial charge in [0.2, 0.25) is 0 Å². The molecule has 4 nitrogen and oxygen atoms in total. The summed E-state index contributed by atoms with van der Waals surface area (Å²) in [6.07, 6.45) is 1.80. The maximum Gasteiger partial charge on any atom is 0.198 e. The molecule has 27 heavy (non-hydrogen) atoms. The van der Waals surface area contributed by atoms with Gasteiger partial charge in [-0.1, -0.05) is 54.1 Å². The Labute approximate surface area is 162 Å². The normalized spacial score (nSPS) is 19.6. The summed E-state index contributed by atoms with van der Waals surface area (Å²) in [5.74, 6) is -0.142. The number of carbonyl (C=O) groups is 2. The van der Waals surface area contributed by atoms with Crippen molar-refractivity contribution in [2.75, 3.05) is 0 Å². The van der Waals surface area contributed by atoms with Gasteiger partial charge in [-0.05, 0) is 24.1 Å². The number of hydrogen-bond donors (Lipinski definition) is 1. The van der Waals surface area contributed by atoms with Gasteiger partial charge in [0.15, 0.2) is 17.4 Å². The first-order chi connectivity index (χ1) is 13.1. The van der Waals surface area contributed by atoms with E-state index in [0.717, 1.165) is 12.0 Å². The zero-order valence-corrected chi connectivity index (χ0v) is 15.3. The molecule has 0 saturated carbocycles. The molecule has 1 unspecified atom stereocenters. The Balaban J connectivity index is 1.88. The monoisotopic (exact) mass is 379 g/mol. The van der Waals surface area contributed by atoms with Gasteiger partial charge in [-0.25, -0.2) is 0 Å². The lowest BCUT2D eigenvalue weighted by Gasteiger charge is -2.32. The quantitative estimate of drug-likeness (QED) is 0.796. The topological polar surface area (TPSA) is 69.4 Å². The van der Waals surface area contributed by atoms with Crippen molar-refractivity contribution < 1.29 is 14.3 Å². The van der Waals surface area contributed by atoms with Crippen molar-refractivity contribution in [1.82, 2.24) is 0 Å². The van der Waals surface area contributed by atoms with Crippen molar-refractivity contribution in [3.05, 3.63) is 93.5 Å². The van der Waals surface area contributed by atoms with E-state index in [0.29, 0.717) is 40.3 Å². The summed E-state index contributed by atoms with van der Waals surface area (Å²) >= 11 is 6.03. The van der Waals surface area contributed by atoms with E-state index < -0.39 is 5.92 Å². The second-order valence-electron chi connectivity index (χ2n) is 6.67. The summed E-state index contributed by atoms with van der Waals surface area (Å²) in [7, 11) is 0. The molecule has 2 aromatic rings. The molecule has 2 aliphatic rings. The molecule has 0 spiro atoms. The predicted molar refractivity (Wildman–Crippen MR) is 103 cm³/mol. The highest BCUT2D eigenvalue weighted by molar-refractivity contribution is 6.30. The van der Waals surface area contributed by atoms with E-state index in [9.17, 15) is 9.59 Å². The van der Waals surface area contributed by atoms with E-state index in [1.807, 2.05) is 18.2 Å². The minimum absolute atomic E-state index is 0.00191. The lowest BCUT2D eigenvalue weighted by molar-refractivity contribution is -0.116. The number of nitrogens with two attached hydrogens (primary N) is 1. The molecule has 2 aromatic carbocycles. The van der Waals surface area contributed by atoms with Gasteiger partial charge in [-0.15, -0.1) is 0 Å². The van der Waals surface area contributed by atoms with E-state index >= 15 is 0 Å². The predicted octanol–water partition coefficient (Wildman–Crippen LogP) is 4.51. The standard InChI is InChI=1S/C22H18ClNO3/c23-15-11-9-13(10-12-15)18-19-16(25)7-4-8-17(19)27-22(24)20(18)21(26)14-5-2-1-3-6-14/h1-3,5-6,9-12,18H,4,7-8,24H2. The van der Waals surface area contributed by atoms with Gasteiger partial charge in [0.1, 0.15) is 5.76 Å². The first kappa shape index (κ1) is 17.6. The van der Waals surface area contributed by atoms with E-state index in [1.54, 1.807) is 36.4 Å². The molecular weight excluding hydrogens is 362 g/mol. The van der Waals surface area contributed by atoms with Gasteiger partial charge in [0.25, 0.3) is 0 Å².